The summed E-state index contributed by atoms with van der Waals surface area (Å²) in [5.41, 5.74) is 2.03. The van der Waals surface area contributed by atoms with Gasteiger partial charge in [-0.3, -0.25) is 0 Å². The molecule has 0 saturated heterocycles. The van der Waals surface area contributed by atoms with Gasteiger partial charge in [0.15, 0.2) is 0 Å². The fourth-order valence-electron chi connectivity index (χ4n) is 1.92. The molecule has 0 aliphatic carbocycles. The lowest BCUT2D eigenvalue weighted by Crippen LogP contribution is -1.94. The Bertz CT molecular complexity index is 829. The molecule has 1 aromatic heterocycles. The van der Waals surface area contributed by atoms with Crippen LogP contribution in [0, 0.1) is 5.82 Å². The van der Waals surface area contributed by atoms with Crippen LogP contribution >= 0.6 is 11.6 Å². The van der Waals surface area contributed by atoms with E-state index in [9.17, 15) is 9.18 Å². The molecule has 0 radical (unpaired) electrons. The summed E-state index contributed by atoms with van der Waals surface area (Å²) in [6.45, 7) is 0. The van der Waals surface area contributed by atoms with Crippen LogP contribution in [-0.4, -0.2) is 21.0 Å². The highest BCUT2D eigenvalue weighted by Crippen LogP contribution is 2.25. The number of hydrogen-bond donors (Lipinski definition) is 2. The van der Waals surface area contributed by atoms with Crippen LogP contribution in [0.5, 0.6) is 0 Å². The molecule has 0 fully saturated rings. The number of hydrogen-bond acceptors (Lipinski definition) is 2. The maximum Gasteiger partial charge on any atom is 0.335 e. The normalized spacial score (nSPS) is 10.9. The second-order valence-corrected chi connectivity index (χ2v) is 4.66. The number of H-pyrrole nitrogens is 1. The molecule has 20 heavy (non-hydrogen) atoms. The molecule has 0 bridgehead atoms. The maximum absolute atomic E-state index is 13.1. The van der Waals surface area contributed by atoms with Crippen molar-refractivity contribution in [2.45, 2.75) is 0 Å². The summed E-state index contributed by atoms with van der Waals surface area (Å²) >= 11 is 5.73. The van der Waals surface area contributed by atoms with Crippen molar-refractivity contribution in [3.8, 4) is 11.4 Å². The Balaban J connectivity index is 2.12. The summed E-state index contributed by atoms with van der Waals surface area (Å²) < 4.78 is 13.1. The number of nitrogens with zero attached hydrogens (tertiary/aromatic N) is 1. The van der Waals surface area contributed by atoms with Gasteiger partial charge in [0.05, 0.1) is 21.6 Å². The van der Waals surface area contributed by atoms with E-state index in [-0.39, 0.29) is 10.6 Å². The van der Waals surface area contributed by atoms with Gasteiger partial charge in [0, 0.05) is 5.56 Å². The molecule has 100 valence electrons. The van der Waals surface area contributed by atoms with Crippen molar-refractivity contribution in [2.75, 3.05) is 0 Å². The highest BCUT2D eigenvalue weighted by Gasteiger charge is 2.10. The molecular weight excluding hydrogens is 283 g/mol. The summed E-state index contributed by atoms with van der Waals surface area (Å²) in [4.78, 5) is 18.2. The van der Waals surface area contributed by atoms with Gasteiger partial charge in [-0.05, 0) is 36.4 Å². The van der Waals surface area contributed by atoms with E-state index in [0.29, 0.717) is 22.4 Å². The predicted molar refractivity (Wildman–Crippen MR) is 73.5 cm³/mol. The van der Waals surface area contributed by atoms with Gasteiger partial charge < -0.3 is 10.1 Å². The number of aromatic carboxylic acids is 1. The van der Waals surface area contributed by atoms with Crippen LogP contribution in [-0.2, 0) is 0 Å². The van der Waals surface area contributed by atoms with E-state index in [0.717, 1.165) is 0 Å². The molecule has 0 spiro atoms. The second-order valence-electron chi connectivity index (χ2n) is 4.25. The molecule has 3 aromatic rings. The molecule has 0 saturated carbocycles. The summed E-state index contributed by atoms with van der Waals surface area (Å²) in [6, 6.07) is 8.87. The van der Waals surface area contributed by atoms with Crippen molar-refractivity contribution in [1.82, 2.24) is 9.97 Å². The minimum Gasteiger partial charge on any atom is -0.478 e. The minimum absolute atomic E-state index is 0.00850. The average Bonchev–Trinajstić information content (AvgIpc) is 2.84. The van der Waals surface area contributed by atoms with Gasteiger partial charge >= 0.3 is 5.97 Å². The van der Waals surface area contributed by atoms with Gasteiger partial charge in [-0.15, -0.1) is 0 Å². The van der Waals surface area contributed by atoms with Crippen molar-refractivity contribution in [3.63, 3.8) is 0 Å². The molecule has 6 heteroatoms. The number of rotatable bonds is 2. The van der Waals surface area contributed by atoms with Gasteiger partial charge in [0.25, 0.3) is 0 Å². The van der Waals surface area contributed by atoms with E-state index >= 15 is 0 Å². The van der Waals surface area contributed by atoms with Crippen LogP contribution in [0.25, 0.3) is 22.4 Å². The fourth-order valence-corrected chi connectivity index (χ4v) is 2.10. The molecule has 0 unspecified atom stereocenters. The Labute approximate surface area is 117 Å². The van der Waals surface area contributed by atoms with Gasteiger partial charge in [0.2, 0.25) is 0 Å². The number of aromatic amines is 1. The third kappa shape index (κ3) is 2.12. The van der Waals surface area contributed by atoms with Gasteiger partial charge in [-0.1, -0.05) is 11.6 Å². The summed E-state index contributed by atoms with van der Waals surface area (Å²) in [7, 11) is 0. The number of halogens is 2. The van der Waals surface area contributed by atoms with Crippen molar-refractivity contribution >= 4 is 28.6 Å². The monoisotopic (exact) mass is 290 g/mol. The molecule has 0 amide bonds. The van der Waals surface area contributed by atoms with Crippen molar-refractivity contribution in [3.05, 3.63) is 52.8 Å². The SMILES string of the molecule is O=C(O)c1ccc2nc(-c3ccc(F)c(Cl)c3)[nH]c2c1. The minimum atomic E-state index is -1.01. The fraction of sp³-hybridized carbons (Fsp3) is 0. The number of carboxylic acid groups (broad SMARTS) is 1. The third-order valence-electron chi connectivity index (χ3n) is 2.92. The number of imidazole rings is 1. The largest absolute Gasteiger partial charge is 0.478 e. The Morgan fingerprint density at radius 3 is 2.75 bits per heavy atom. The number of aromatic nitrogens is 2. The Kier molecular flexibility index (Phi) is 2.91. The average molecular weight is 291 g/mol. The smallest absolute Gasteiger partial charge is 0.335 e. The number of fused-ring (bicyclic) bond motifs is 1. The Hall–Kier alpha value is -2.40. The van der Waals surface area contributed by atoms with Crippen LogP contribution in [0.15, 0.2) is 36.4 Å². The first-order valence-electron chi connectivity index (χ1n) is 5.73. The van der Waals surface area contributed by atoms with Crippen LogP contribution in [0.3, 0.4) is 0 Å². The quantitative estimate of drug-likeness (QED) is 0.756. The number of carboxylic acids is 1. The molecule has 0 atom stereocenters. The first-order valence-corrected chi connectivity index (χ1v) is 6.11. The zero-order valence-corrected chi connectivity index (χ0v) is 10.8. The molecule has 1 heterocycles. The van der Waals surface area contributed by atoms with Gasteiger partial charge in [-0.25, -0.2) is 14.2 Å². The zero-order chi connectivity index (χ0) is 14.3. The summed E-state index contributed by atoms with van der Waals surface area (Å²) in [5.74, 6) is -1.00. The second kappa shape index (κ2) is 4.61. The van der Waals surface area contributed by atoms with Gasteiger partial charge in [-0.2, -0.15) is 0 Å². The molecule has 0 aliphatic rings. The van der Waals surface area contributed by atoms with E-state index in [2.05, 4.69) is 9.97 Å². The van der Waals surface area contributed by atoms with Crippen molar-refractivity contribution < 1.29 is 14.3 Å². The highest BCUT2D eigenvalue weighted by molar-refractivity contribution is 6.31. The van der Waals surface area contributed by atoms with Crippen molar-refractivity contribution in [1.29, 1.82) is 0 Å². The zero-order valence-electron chi connectivity index (χ0n) is 10.0. The van der Waals surface area contributed by atoms with Crippen LogP contribution in [0.2, 0.25) is 5.02 Å². The first kappa shape index (κ1) is 12.6. The van der Waals surface area contributed by atoms with E-state index < -0.39 is 11.8 Å². The van der Waals surface area contributed by atoms with Gasteiger partial charge in [0.1, 0.15) is 11.6 Å². The topological polar surface area (TPSA) is 66.0 Å². The molecule has 0 aliphatic heterocycles. The Morgan fingerprint density at radius 2 is 2.05 bits per heavy atom. The van der Waals surface area contributed by atoms with E-state index in [1.54, 1.807) is 12.1 Å². The highest BCUT2D eigenvalue weighted by atomic mass is 35.5. The Morgan fingerprint density at radius 1 is 1.25 bits per heavy atom. The standard InChI is InChI=1S/C14H8ClFN2O2/c15-9-5-7(1-3-10(9)16)13-17-11-4-2-8(14(19)20)6-12(11)18-13/h1-6H,(H,17,18)(H,19,20). The lowest BCUT2D eigenvalue weighted by Gasteiger charge is -1.98. The number of carbonyl (C=O) groups is 1. The molecular formula is C14H8ClFN2O2. The number of nitrogens with one attached hydrogen (secondary N) is 1. The molecule has 2 N–H and O–H groups in total. The van der Waals surface area contributed by atoms with E-state index in [1.165, 1.54) is 24.3 Å². The molecule has 3 rings (SSSR count). The summed E-state index contributed by atoms with van der Waals surface area (Å²) in [5, 5.41) is 8.95. The maximum atomic E-state index is 13.1. The van der Waals surface area contributed by atoms with E-state index in [4.69, 9.17) is 16.7 Å². The van der Waals surface area contributed by atoms with Crippen molar-refractivity contribution in [2.24, 2.45) is 0 Å². The molecule has 2 aromatic carbocycles. The van der Waals surface area contributed by atoms with Crippen LogP contribution in [0.1, 0.15) is 10.4 Å². The lowest BCUT2D eigenvalue weighted by atomic mass is 10.2. The lowest BCUT2D eigenvalue weighted by molar-refractivity contribution is 0.0697. The summed E-state index contributed by atoms with van der Waals surface area (Å²) in [6.07, 6.45) is 0. The first-order chi connectivity index (χ1) is 9.54. The van der Waals surface area contributed by atoms with E-state index in [1.807, 2.05) is 0 Å². The van der Waals surface area contributed by atoms with Crippen LogP contribution < -0.4 is 0 Å². The third-order valence-corrected chi connectivity index (χ3v) is 3.21. The number of benzene rings is 2. The van der Waals surface area contributed by atoms with Crippen LogP contribution in [0.4, 0.5) is 4.39 Å². The molecule has 4 nitrogen and oxygen atoms in total. The predicted octanol–water partition coefficient (Wildman–Crippen LogP) is 3.72.